The summed E-state index contributed by atoms with van der Waals surface area (Å²) in [5.74, 6) is 0.124. The second-order valence-electron chi connectivity index (χ2n) is 4.08. The van der Waals surface area contributed by atoms with Gasteiger partial charge in [-0.25, -0.2) is 4.79 Å². The van der Waals surface area contributed by atoms with E-state index in [0.717, 1.165) is 18.8 Å². The van der Waals surface area contributed by atoms with E-state index >= 15 is 0 Å². The molecule has 17 heavy (non-hydrogen) atoms. The van der Waals surface area contributed by atoms with E-state index in [1.54, 1.807) is 13.2 Å². The maximum absolute atomic E-state index is 11.2. The van der Waals surface area contributed by atoms with Gasteiger partial charge in [0.1, 0.15) is 5.69 Å². The molecule has 1 aromatic heterocycles. The third kappa shape index (κ3) is 4.58. The molecule has 2 N–H and O–H groups in total. The standard InChI is InChI=1S/C12H20N2O3/c1-9(8-16-2)6-13-7-10-4-5-11(14-10)12(15)17-3/h4-5,9,13-14H,6-8H2,1-3H3. The number of hydrogen-bond donors (Lipinski definition) is 2. The first kappa shape index (κ1) is 13.7. The van der Waals surface area contributed by atoms with Gasteiger partial charge in [0.05, 0.1) is 7.11 Å². The van der Waals surface area contributed by atoms with Crippen LogP contribution in [-0.2, 0) is 16.0 Å². The number of ether oxygens (including phenoxy) is 2. The Morgan fingerprint density at radius 2 is 2.24 bits per heavy atom. The minimum absolute atomic E-state index is 0.344. The molecule has 1 rings (SSSR count). The SMILES string of the molecule is COCC(C)CNCc1ccc(C(=O)OC)[nH]1. The fraction of sp³-hybridized carbons (Fsp3) is 0.583. The first-order valence-corrected chi connectivity index (χ1v) is 5.63. The van der Waals surface area contributed by atoms with Crippen molar-refractivity contribution in [2.45, 2.75) is 13.5 Å². The highest BCUT2D eigenvalue weighted by molar-refractivity contribution is 5.87. The van der Waals surface area contributed by atoms with Gasteiger partial charge in [-0.15, -0.1) is 0 Å². The third-order valence-electron chi connectivity index (χ3n) is 2.41. The van der Waals surface area contributed by atoms with Gasteiger partial charge in [-0.2, -0.15) is 0 Å². The maximum atomic E-state index is 11.2. The summed E-state index contributed by atoms with van der Waals surface area (Å²) in [6.45, 7) is 4.43. The van der Waals surface area contributed by atoms with E-state index in [1.165, 1.54) is 7.11 Å². The van der Waals surface area contributed by atoms with Crippen LogP contribution in [-0.4, -0.2) is 38.3 Å². The lowest BCUT2D eigenvalue weighted by Crippen LogP contribution is -2.23. The first-order chi connectivity index (χ1) is 8.17. The molecule has 0 radical (unpaired) electrons. The van der Waals surface area contributed by atoms with Crippen LogP contribution in [0, 0.1) is 5.92 Å². The summed E-state index contributed by atoms with van der Waals surface area (Å²) in [6, 6.07) is 3.60. The Morgan fingerprint density at radius 1 is 1.47 bits per heavy atom. The van der Waals surface area contributed by atoms with Crippen molar-refractivity contribution in [3.63, 3.8) is 0 Å². The number of aromatic amines is 1. The number of methoxy groups -OCH3 is 2. The van der Waals surface area contributed by atoms with E-state index in [1.807, 2.05) is 6.07 Å². The van der Waals surface area contributed by atoms with E-state index in [-0.39, 0.29) is 5.97 Å². The molecule has 0 aliphatic heterocycles. The molecule has 1 aromatic rings. The molecule has 0 aliphatic rings. The molecule has 0 saturated heterocycles. The number of nitrogens with one attached hydrogen (secondary N) is 2. The molecule has 1 unspecified atom stereocenters. The fourth-order valence-electron chi connectivity index (χ4n) is 1.57. The van der Waals surface area contributed by atoms with Crippen LogP contribution in [0.25, 0.3) is 0 Å². The summed E-state index contributed by atoms with van der Waals surface area (Å²) < 4.78 is 9.66. The molecular formula is C12H20N2O3. The Morgan fingerprint density at radius 3 is 2.88 bits per heavy atom. The van der Waals surface area contributed by atoms with Gasteiger partial charge >= 0.3 is 5.97 Å². The molecule has 1 atom stereocenters. The highest BCUT2D eigenvalue weighted by atomic mass is 16.5. The topological polar surface area (TPSA) is 63.4 Å². The zero-order valence-corrected chi connectivity index (χ0v) is 10.6. The van der Waals surface area contributed by atoms with Crippen molar-refractivity contribution in [3.05, 3.63) is 23.5 Å². The van der Waals surface area contributed by atoms with E-state index in [0.29, 0.717) is 18.2 Å². The molecule has 5 heteroatoms. The zero-order chi connectivity index (χ0) is 12.7. The quantitative estimate of drug-likeness (QED) is 0.702. The molecule has 0 spiro atoms. The van der Waals surface area contributed by atoms with Gasteiger partial charge in [0, 0.05) is 32.5 Å². The van der Waals surface area contributed by atoms with E-state index in [4.69, 9.17) is 4.74 Å². The second-order valence-corrected chi connectivity index (χ2v) is 4.08. The van der Waals surface area contributed by atoms with E-state index < -0.39 is 0 Å². The van der Waals surface area contributed by atoms with Gasteiger partial charge in [-0.05, 0) is 18.1 Å². The largest absolute Gasteiger partial charge is 0.464 e. The molecular weight excluding hydrogens is 220 g/mol. The number of rotatable bonds is 7. The normalized spacial score (nSPS) is 12.4. The highest BCUT2D eigenvalue weighted by Crippen LogP contribution is 2.03. The maximum Gasteiger partial charge on any atom is 0.354 e. The van der Waals surface area contributed by atoms with Crippen LogP contribution < -0.4 is 5.32 Å². The van der Waals surface area contributed by atoms with Gasteiger partial charge in [0.15, 0.2) is 0 Å². The van der Waals surface area contributed by atoms with Crippen LogP contribution in [0.5, 0.6) is 0 Å². The van der Waals surface area contributed by atoms with Crippen molar-refractivity contribution in [1.29, 1.82) is 0 Å². The van der Waals surface area contributed by atoms with E-state index in [2.05, 4.69) is 22.0 Å². The van der Waals surface area contributed by atoms with Crippen molar-refractivity contribution < 1.29 is 14.3 Å². The van der Waals surface area contributed by atoms with E-state index in [9.17, 15) is 4.79 Å². The summed E-state index contributed by atoms with van der Waals surface area (Å²) in [4.78, 5) is 14.2. The molecule has 0 saturated carbocycles. The Labute approximate surface area is 101 Å². The lowest BCUT2D eigenvalue weighted by atomic mass is 10.2. The molecule has 0 aliphatic carbocycles. The van der Waals surface area contributed by atoms with Gasteiger partial charge in [0.2, 0.25) is 0 Å². The lowest BCUT2D eigenvalue weighted by molar-refractivity contribution is 0.0594. The van der Waals surface area contributed by atoms with Crippen LogP contribution in [0.4, 0.5) is 0 Å². The monoisotopic (exact) mass is 240 g/mol. The van der Waals surface area contributed by atoms with Crippen molar-refractivity contribution in [1.82, 2.24) is 10.3 Å². The Balaban J connectivity index is 2.32. The number of hydrogen-bond acceptors (Lipinski definition) is 4. The Kier molecular flexibility index (Phi) is 5.72. The second kappa shape index (κ2) is 7.09. The van der Waals surface area contributed by atoms with Crippen LogP contribution in [0.3, 0.4) is 0 Å². The molecule has 5 nitrogen and oxygen atoms in total. The Hall–Kier alpha value is -1.33. The molecule has 0 bridgehead atoms. The number of aromatic nitrogens is 1. The minimum Gasteiger partial charge on any atom is -0.464 e. The third-order valence-corrected chi connectivity index (χ3v) is 2.41. The average molecular weight is 240 g/mol. The average Bonchev–Trinajstić information content (AvgIpc) is 2.77. The minimum atomic E-state index is -0.344. The summed E-state index contributed by atoms with van der Waals surface area (Å²) in [7, 11) is 3.07. The van der Waals surface area contributed by atoms with Crippen LogP contribution in [0.15, 0.2) is 12.1 Å². The predicted octanol–water partition coefficient (Wildman–Crippen LogP) is 1.17. The van der Waals surface area contributed by atoms with Crippen molar-refractivity contribution in [2.75, 3.05) is 27.4 Å². The van der Waals surface area contributed by atoms with Crippen LogP contribution in [0.1, 0.15) is 23.1 Å². The first-order valence-electron chi connectivity index (χ1n) is 5.63. The zero-order valence-electron chi connectivity index (χ0n) is 10.6. The van der Waals surface area contributed by atoms with Crippen LogP contribution >= 0.6 is 0 Å². The molecule has 0 aromatic carbocycles. The summed E-state index contributed by atoms with van der Waals surface area (Å²) in [5, 5.41) is 3.29. The van der Waals surface area contributed by atoms with Gasteiger partial charge in [-0.3, -0.25) is 0 Å². The molecule has 1 heterocycles. The van der Waals surface area contributed by atoms with Gasteiger partial charge < -0.3 is 19.8 Å². The molecule has 96 valence electrons. The highest BCUT2D eigenvalue weighted by Gasteiger charge is 2.07. The smallest absolute Gasteiger partial charge is 0.354 e. The molecule has 0 fully saturated rings. The van der Waals surface area contributed by atoms with Gasteiger partial charge in [0.25, 0.3) is 0 Å². The van der Waals surface area contributed by atoms with Crippen molar-refractivity contribution in [3.8, 4) is 0 Å². The van der Waals surface area contributed by atoms with Gasteiger partial charge in [-0.1, -0.05) is 6.92 Å². The van der Waals surface area contributed by atoms with Crippen molar-refractivity contribution in [2.24, 2.45) is 5.92 Å². The Bertz CT molecular complexity index is 349. The number of H-pyrrole nitrogens is 1. The van der Waals surface area contributed by atoms with Crippen molar-refractivity contribution >= 4 is 5.97 Å². The number of esters is 1. The molecule has 0 amide bonds. The lowest BCUT2D eigenvalue weighted by Gasteiger charge is -2.10. The number of carbonyl (C=O) groups excluding carboxylic acids is 1. The summed E-state index contributed by atoms with van der Waals surface area (Å²) in [5.41, 5.74) is 1.45. The fourth-order valence-corrected chi connectivity index (χ4v) is 1.57. The number of carbonyl (C=O) groups is 1. The van der Waals surface area contributed by atoms with Crippen LogP contribution in [0.2, 0.25) is 0 Å². The predicted molar refractivity (Wildman–Crippen MR) is 64.9 cm³/mol. The summed E-state index contributed by atoms with van der Waals surface area (Å²) in [6.07, 6.45) is 0. The summed E-state index contributed by atoms with van der Waals surface area (Å²) >= 11 is 0.